The molecule has 4 aromatic rings. The number of hydrogen-bond donors (Lipinski definition) is 2. The number of nitrogens with two attached hydrogens (primary N) is 1. The molecule has 1 aromatic heterocycles. The standard InChI is InChI=1S/C23H21N5O2S/c1-30-20-13-11-18(12-14-20)25-21(29)15-31-23-27-26-22(16-7-9-17(24)10-8-16)28(23)19-5-3-2-4-6-19/h2-14H,15,24H2,1H3,(H,25,29). The minimum absolute atomic E-state index is 0.133. The van der Waals surface area contributed by atoms with Crippen molar-refractivity contribution in [3.63, 3.8) is 0 Å². The predicted molar refractivity (Wildman–Crippen MR) is 124 cm³/mol. The Morgan fingerprint density at radius 3 is 2.39 bits per heavy atom. The Labute approximate surface area is 184 Å². The highest BCUT2D eigenvalue weighted by molar-refractivity contribution is 7.99. The second kappa shape index (κ2) is 9.36. The van der Waals surface area contributed by atoms with Gasteiger partial charge in [-0.1, -0.05) is 30.0 Å². The van der Waals surface area contributed by atoms with Crippen molar-refractivity contribution in [2.45, 2.75) is 5.16 Å². The molecule has 0 bridgehead atoms. The monoisotopic (exact) mass is 431 g/mol. The zero-order chi connectivity index (χ0) is 21.6. The van der Waals surface area contributed by atoms with Crippen molar-refractivity contribution in [2.24, 2.45) is 0 Å². The van der Waals surface area contributed by atoms with Gasteiger partial charge in [0.2, 0.25) is 5.91 Å². The van der Waals surface area contributed by atoms with Crippen LogP contribution in [0, 0.1) is 0 Å². The van der Waals surface area contributed by atoms with Crippen LogP contribution in [-0.4, -0.2) is 33.5 Å². The molecule has 156 valence electrons. The highest BCUT2D eigenvalue weighted by Gasteiger charge is 2.17. The van der Waals surface area contributed by atoms with Gasteiger partial charge in [-0.05, 0) is 60.7 Å². The van der Waals surface area contributed by atoms with Gasteiger partial charge < -0.3 is 15.8 Å². The molecule has 0 aliphatic heterocycles. The first-order chi connectivity index (χ1) is 15.1. The van der Waals surface area contributed by atoms with Gasteiger partial charge in [0, 0.05) is 22.6 Å². The number of nitrogens with one attached hydrogen (secondary N) is 1. The summed E-state index contributed by atoms with van der Waals surface area (Å²) in [6.45, 7) is 0. The van der Waals surface area contributed by atoms with E-state index in [-0.39, 0.29) is 11.7 Å². The van der Waals surface area contributed by atoms with Crippen LogP contribution in [0.3, 0.4) is 0 Å². The number of carbonyl (C=O) groups is 1. The Kier molecular flexibility index (Phi) is 6.18. The maximum Gasteiger partial charge on any atom is 0.234 e. The second-order valence-corrected chi connectivity index (χ2v) is 7.61. The smallest absolute Gasteiger partial charge is 0.234 e. The maximum absolute atomic E-state index is 12.5. The molecule has 4 rings (SSSR count). The van der Waals surface area contributed by atoms with Crippen LogP contribution in [0.25, 0.3) is 17.1 Å². The van der Waals surface area contributed by atoms with E-state index in [0.717, 1.165) is 17.0 Å². The van der Waals surface area contributed by atoms with E-state index in [2.05, 4.69) is 15.5 Å². The van der Waals surface area contributed by atoms with Crippen LogP contribution in [0.4, 0.5) is 11.4 Å². The minimum atomic E-state index is -0.133. The predicted octanol–water partition coefficient (Wildman–Crippen LogP) is 4.26. The van der Waals surface area contributed by atoms with E-state index >= 15 is 0 Å². The summed E-state index contributed by atoms with van der Waals surface area (Å²) in [5.74, 6) is 1.48. The number of ether oxygens (including phenoxy) is 1. The number of nitrogens with zero attached hydrogens (tertiary/aromatic N) is 3. The molecule has 0 aliphatic rings. The molecule has 0 saturated carbocycles. The van der Waals surface area contributed by atoms with Crippen LogP contribution < -0.4 is 15.8 Å². The topological polar surface area (TPSA) is 95.1 Å². The third-order valence-electron chi connectivity index (χ3n) is 4.52. The fourth-order valence-corrected chi connectivity index (χ4v) is 3.75. The van der Waals surface area contributed by atoms with Gasteiger partial charge in [-0.25, -0.2) is 0 Å². The van der Waals surface area contributed by atoms with Crippen LogP contribution in [0.2, 0.25) is 0 Å². The molecular formula is C23H21N5O2S. The maximum atomic E-state index is 12.5. The molecule has 0 unspecified atom stereocenters. The van der Waals surface area contributed by atoms with Crippen LogP contribution in [0.5, 0.6) is 5.75 Å². The van der Waals surface area contributed by atoms with Gasteiger partial charge >= 0.3 is 0 Å². The lowest BCUT2D eigenvalue weighted by molar-refractivity contribution is -0.113. The molecule has 1 heterocycles. The molecule has 7 nitrogen and oxygen atoms in total. The van der Waals surface area contributed by atoms with Gasteiger partial charge in [0.25, 0.3) is 0 Å². The summed E-state index contributed by atoms with van der Waals surface area (Å²) in [5, 5.41) is 12.2. The second-order valence-electron chi connectivity index (χ2n) is 6.66. The number of amides is 1. The number of thioether (sulfide) groups is 1. The quantitative estimate of drug-likeness (QED) is 0.335. The third kappa shape index (κ3) is 4.87. The molecule has 0 spiro atoms. The summed E-state index contributed by atoms with van der Waals surface area (Å²) in [5.41, 5.74) is 9.01. The summed E-state index contributed by atoms with van der Waals surface area (Å²) in [7, 11) is 1.60. The van der Waals surface area contributed by atoms with E-state index < -0.39 is 0 Å². The van der Waals surface area contributed by atoms with Gasteiger partial charge in [-0.3, -0.25) is 9.36 Å². The highest BCUT2D eigenvalue weighted by Crippen LogP contribution is 2.28. The fourth-order valence-electron chi connectivity index (χ4n) is 2.99. The van der Waals surface area contributed by atoms with Gasteiger partial charge in [0.15, 0.2) is 11.0 Å². The number of anilines is 2. The average molecular weight is 432 g/mol. The van der Waals surface area contributed by atoms with E-state index in [1.807, 2.05) is 59.2 Å². The summed E-state index contributed by atoms with van der Waals surface area (Å²) >= 11 is 1.32. The van der Waals surface area contributed by atoms with E-state index in [9.17, 15) is 4.79 Å². The Hall–Kier alpha value is -3.78. The molecule has 3 N–H and O–H groups in total. The van der Waals surface area contributed by atoms with Crippen molar-refractivity contribution < 1.29 is 9.53 Å². The summed E-state index contributed by atoms with van der Waals surface area (Å²) in [6.07, 6.45) is 0. The number of nitrogen functional groups attached to an aromatic ring is 1. The first kappa shape index (κ1) is 20.5. The van der Waals surface area contributed by atoms with Crippen molar-refractivity contribution in [2.75, 3.05) is 23.9 Å². The molecule has 0 atom stereocenters. The number of rotatable bonds is 7. The molecule has 0 radical (unpaired) electrons. The normalized spacial score (nSPS) is 10.6. The Morgan fingerprint density at radius 2 is 1.71 bits per heavy atom. The first-order valence-corrected chi connectivity index (χ1v) is 10.6. The Bertz CT molecular complexity index is 1160. The van der Waals surface area contributed by atoms with Crippen LogP contribution in [-0.2, 0) is 4.79 Å². The van der Waals surface area contributed by atoms with Gasteiger partial charge in [0.1, 0.15) is 5.75 Å². The van der Waals surface area contributed by atoms with E-state index in [1.54, 1.807) is 31.4 Å². The van der Waals surface area contributed by atoms with Gasteiger partial charge in [0.05, 0.1) is 12.9 Å². The van der Waals surface area contributed by atoms with Crippen molar-refractivity contribution in [3.05, 3.63) is 78.9 Å². The Balaban J connectivity index is 1.55. The lowest BCUT2D eigenvalue weighted by Gasteiger charge is -2.11. The molecule has 8 heteroatoms. The number of methoxy groups -OCH3 is 1. The largest absolute Gasteiger partial charge is 0.497 e. The summed E-state index contributed by atoms with van der Waals surface area (Å²) < 4.78 is 7.08. The van der Waals surface area contributed by atoms with Crippen LogP contribution in [0.15, 0.2) is 84.0 Å². The van der Waals surface area contributed by atoms with Crippen molar-refractivity contribution in [1.82, 2.24) is 14.8 Å². The van der Waals surface area contributed by atoms with E-state index in [4.69, 9.17) is 10.5 Å². The average Bonchev–Trinajstić information content (AvgIpc) is 3.23. The van der Waals surface area contributed by atoms with Gasteiger partial charge in [-0.15, -0.1) is 10.2 Å². The molecular weight excluding hydrogens is 410 g/mol. The molecule has 31 heavy (non-hydrogen) atoms. The third-order valence-corrected chi connectivity index (χ3v) is 5.45. The molecule has 0 saturated heterocycles. The van der Waals surface area contributed by atoms with Crippen LogP contribution >= 0.6 is 11.8 Å². The van der Waals surface area contributed by atoms with Crippen molar-refractivity contribution in [1.29, 1.82) is 0 Å². The first-order valence-electron chi connectivity index (χ1n) is 9.57. The molecule has 3 aromatic carbocycles. The molecule has 1 amide bonds. The number of para-hydroxylation sites is 1. The highest BCUT2D eigenvalue weighted by atomic mass is 32.2. The molecule has 0 aliphatic carbocycles. The zero-order valence-corrected chi connectivity index (χ0v) is 17.7. The summed E-state index contributed by atoms with van der Waals surface area (Å²) in [4.78, 5) is 12.5. The molecule has 0 fully saturated rings. The van der Waals surface area contributed by atoms with Crippen LogP contribution in [0.1, 0.15) is 0 Å². The number of hydrogen-bond acceptors (Lipinski definition) is 6. The van der Waals surface area contributed by atoms with Gasteiger partial charge in [-0.2, -0.15) is 0 Å². The summed E-state index contributed by atoms with van der Waals surface area (Å²) in [6, 6.07) is 24.5. The van der Waals surface area contributed by atoms with E-state index in [0.29, 0.717) is 22.4 Å². The van der Waals surface area contributed by atoms with Crippen molar-refractivity contribution >= 4 is 29.0 Å². The lowest BCUT2D eigenvalue weighted by atomic mass is 10.2. The lowest BCUT2D eigenvalue weighted by Crippen LogP contribution is -2.14. The number of benzene rings is 3. The van der Waals surface area contributed by atoms with E-state index in [1.165, 1.54) is 11.8 Å². The fraction of sp³-hybridized carbons (Fsp3) is 0.0870. The zero-order valence-electron chi connectivity index (χ0n) is 16.9. The SMILES string of the molecule is COc1ccc(NC(=O)CSc2nnc(-c3ccc(N)cc3)n2-c2ccccc2)cc1. The minimum Gasteiger partial charge on any atom is -0.497 e. The Morgan fingerprint density at radius 1 is 1.00 bits per heavy atom. The number of carbonyl (C=O) groups excluding carboxylic acids is 1. The number of aromatic nitrogens is 3. The van der Waals surface area contributed by atoms with Crippen molar-refractivity contribution in [3.8, 4) is 22.8 Å².